The number of rotatable bonds is 4. The molecule has 168 valence electrons. The lowest BCUT2D eigenvalue weighted by atomic mass is 10.0. The predicted molar refractivity (Wildman–Crippen MR) is 129 cm³/mol. The highest BCUT2D eigenvalue weighted by Gasteiger charge is 2.16. The molecular weight excluding hydrogens is 453 g/mol. The van der Waals surface area contributed by atoms with Crippen LogP contribution >= 0.6 is 11.3 Å². The van der Waals surface area contributed by atoms with Crippen molar-refractivity contribution in [2.24, 2.45) is 4.99 Å². The van der Waals surface area contributed by atoms with Gasteiger partial charge in [0.25, 0.3) is 5.91 Å². The number of hydrogen-bond donors (Lipinski definition) is 0. The van der Waals surface area contributed by atoms with Crippen molar-refractivity contribution in [2.75, 3.05) is 7.11 Å². The van der Waals surface area contributed by atoms with Crippen LogP contribution in [0.25, 0.3) is 32.4 Å². The van der Waals surface area contributed by atoms with E-state index in [-0.39, 0.29) is 11.3 Å². The van der Waals surface area contributed by atoms with Crippen LogP contribution in [0.5, 0.6) is 0 Å². The third-order valence-corrected chi connectivity index (χ3v) is 6.41. The lowest BCUT2D eigenvalue weighted by molar-refractivity contribution is -0.141. The maximum Gasteiger partial charge on any atom is 0.325 e. The molecule has 0 atom stereocenters. The first-order valence-electron chi connectivity index (χ1n) is 10.4. The third kappa shape index (κ3) is 4.11. The van der Waals surface area contributed by atoms with Crippen LogP contribution in [0.2, 0.25) is 0 Å². The van der Waals surface area contributed by atoms with Crippen molar-refractivity contribution in [2.45, 2.75) is 6.54 Å². The Morgan fingerprint density at radius 2 is 1.79 bits per heavy atom. The number of fused-ring (bicyclic) bond motifs is 2. The summed E-state index contributed by atoms with van der Waals surface area (Å²) >= 11 is 1.13. The lowest BCUT2D eigenvalue weighted by Crippen LogP contribution is -2.22. The molecule has 0 spiro atoms. The number of halogens is 1. The predicted octanol–water partition coefficient (Wildman–Crippen LogP) is 4.97. The minimum absolute atomic E-state index is 0.152. The number of benzene rings is 3. The minimum Gasteiger partial charge on any atom is -0.468 e. The fraction of sp³-hybridized carbons (Fsp3) is 0.0769. The van der Waals surface area contributed by atoms with Crippen LogP contribution in [-0.2, 0) is 16.1 Å². The second kappa shape index (κ2) is 8.99. The SMILES string of the molecule is COC(=O)Cn1c(=NC(=O)c2cc(-c3ccccc3)nc3ccccc23)sc2cc(F)ccc21. The summed E-state index contributed by atoms with van der Waals surface area (Å²) in [4.78, 5) is 34.8. The summed E-state index contributed by atoms with van der Waals surface area (Å²) in [6, 6.07) is 22.9. The topological polar surface area (TPSA) is 73.6 Å². The standard InChI is InChI=1S/C26H18FN3O3S/c1-33-24(31)15-30-22-12-11-17(27)13-23(22)34-26(30)29-25(32)19-14-21(16-7-3-2-4-8-16)28-20-10-6-5-9-18(19)20/h2-14H,15H2,1H3. The van der Waals surface area contributed by atoms with Gasteiger partial charge >= 0.3 is 5.97 Å². The van der Waals surface area contributed by atoms with E-state index in [1.54, 1.807) is 16.7 Å². The lowest BCUT2D eigenvalue weighted by Gasteiger charge is -2.08. The summed E-state index contributed by atoms with van der Waals surface area (Å²) in [6.07, 6.45) is 0. The van der Waals surface area contributed by atoms with Crippen LogP contribution in [0.1, 0.15) is 10.4 Å². The van der Waals surface area contributed by atoms with Crippen LogP contribution in [0.4, 0.5) is 4.39 Å². The Morgan fingerprint density at radius 3 is 2.59 bits per heavy atom. The number of nitrogens with zero attached hydrogens (tertiary/aromatic N) is 3. The second-order valence-electron chi connectivity index (χ2n) is 7.51. The first-order valence-corrected chi connectivity index (χ1v) is 11.2. The molecular formula is C26H18FN3O3S. The maximum atomic E-state index is 13.8. The van der Waals surface area contributed by atoms with Gasteiger partial charge in [0.15, 0.2) is 4.80 Å². The Balaban J connectivity index is 1.70. The van der Waals surface area contributed by atoms with Crippen LogP contribution in [0.3, 0.4) is 0 Å². The summed E-state index contributed by atoms with van der Waals surface area (Å²) < 4.78 is 20.7. The number of ether oxygens (including phenoxy) is 1. The van der Waals surface area contributed by atoms with E-state index in [0.29, 0.717) is 32.4 Å². The number of carbonyl (C=O) groups excluding carboxylic acids is 2. The van der Waals surface area contributed by atoms with Gasteiger partial charge in [-0.1, -0.05) is 59.9 Å². The van der Waals surface area contributed by atoms with Crippen molar-refractivity contribution >= 4 is 44.3 Å². The molecule has 0 N–H and O–H groups in total. The van der Waals surface area contributed by atoms with Crippen molar-refractivity contribution in [3.8, 4) is 11.3 Å². The third-order valence-electron chi connectivity index (χ3n) is 5.37. The molecule has 0 unspecified atom stereocenters. The van der Waals surface area contributed by atoms with E-state index in [9.17, 15) is 14.0 Å². The van der Waals surface area contributed by atoms with E-state index in [1.807, 2.05) is 54.6 Å². The van der Waals surface area contributed by atoms with Crippen molar-refractivity contribution < 1.29 is 18.7 Å². The summed E-state index contributed by atoms with van der Waals surface area (Å²) in [6.45, 7) is -0.152. The average molecular weight is 472 g/mol. The van der Waals surface area contributed by atoms with Gasteiger partial charge in [-0.25, -0.2) is 9.37 Å². The Labute approximate surface area is 197 Å². The maximum absolute atomic E-state index is 13.8. The molecule has 0 aliphatic rings. The van der Waals surface area contributed by atoms with E-state index < -0.39 is 17.7 Å². The summed E-state index contributed by atoms with van der Waals surface area (Å²) in [7, 11) is 1.29. The van der Waals surface area contributed by atoms with E-state index in [2.05, 4.69) is 4.99 Å². The Hall–Kier alpha value is -4.17. The van der Waals surface area contributed by atoms with Gasteiger partial charge in [-0.05, 0) is 30.3 Å². The molecule has 1 amide bonds. The fourth-order valence-electron chi connectivity index (χ4n) is 3.74. The Morgan fingerprint density at radius 1 is 1.03 bits per heavy atom. The number of methoxy groups -OCH3 is 1. The van der Waals surface area contributed by atoms with Gasteiger partial charge in [-0.2, -0.15) is 4.99 Å². The zero-order valence-electron chi connectivity index (χ0n) is 18.1. The molecule has 2 heterocycles. The van der Waals surface area contributed by atoms with Gasteiger partial charge < -0.3 is 9.30 Å². The molecule has 34 heavy (non-hydrogen) atoms. The van der Waals surface area contributed by atoms with Crippen molar-refractivity contribution in [3.63, 3.8) is 0 Å². The van der Waals surface area contributed by atoms with E-state index in [0.717, 1.165) is 16.9 Å². The van der Waals surface area contributed by atoms with Crippen molar-refractivity contribution in [3.05, 3.63) is 95.0 Å². The molecule has 0 saturated carbocycles. The van der Waals surface area contributed by atoms with Crippen LogP contribution in [-0.4, -0.2) is 28.5 Å². The number of esters is 1. The van der Waals surface area contributed by atoms with Crippen LogP contribution in [0.15, 0.2) is 83.9 Å². The number of thiazole rings is 1. The number of amides is 1. The quantitative estimate of drug-likeness (QED) is 0.347. The molecule has 3 aromatic carbocycles. The van der Waals surface area contributed by atoms with Gasteiger partial charge in [-0.15, -0.1) is 0 Å². The molecule has 5 rings (SSSR count). The molecule has 0 saturated heterocycles. The summed E-state index contributed by atoms with van der Waals surface area (Å²) in [5.41, 5.74) is 3.17. The molecule has 0 fully saturated rings. The largest absolute Gasteiger partial charge is 0.468 e. The Bertz CT molecular complexity index is 1620. The average Bonchev–Trinajstić information content (AvgIpc) is 3.19. The van der Waals surface area contributed by atoms with E-state index in [4.69, 9.17) is 9.72 Å². The first kappa shape index (κ1) is 21.7. The molecule has 6 nitrogen and oxygen atoms in total. The highest BCUT2D eigenvalue weighted by atomic mass is 32.1. The minimum atomic E-state index is -0.501. The van der Waals surface area contributed by atoms with Crippen molar-refractivity contribution in [1.82, 2.24) is 9.55 Å². The highest BCUT2D eigenvalue weighted by Crippen LogP contribution is 2.26. The monoisotopic (exact) mass is 471 g/mol. The van der Waals surface area contributed by atoms with Crippen LogP contribution < -0.4 is 4.80 Å². The van der Waals surface area contributed by atoms with Gasteiger partial charge in [0.1, 0.15) is 12.4 Å². The molecule has 0 aliphatic carbocycles. The molecule has 0 aliphatic heterocycles. The van der Waals surface area contributed by atoms with Gasteiger partial charge in [0, 0.05) is 10.9 Å². The molecule has 0 bridgehead atoms. The number of pyridine rings is 1. The smallest absolute Gasteiger partial charge is 0.325 e. The molecule has 8 heteroatoms. The van der Waals surface area contributed by atoms with E-state index in [1.165, 1.54) is 19.2 Å². The molecule has 2 aromatic heterocycles. The van der Waals surface area contributed by atoms with Gasteiger partial charge in [0.05, 0.1) is 34.1 Å². The van der Waals surface area contributed by atoms with E-state index >= 15 is 0 Å². The number of hydrogen-bond acceptors (Lipinski definition) is 5. The van der Waals surface area contributed by atoms with Crippen LogP contribution in [0, 0.1) is 5.82 Å². The van der Waals surface area contributed by atoms with Gasteiger partial charge in [0.2, 0.25) is 0 Å². The van der Waals surface area contributed by atoms with Gasteiger partial charge in [-0.3, -0.25) is 9.59 Å². The molecule has 0 radical (unpaired) electrons. The zero-order chi connectivity index (χ0) is 23.7. The fourth-order valence-corrected chi connectivity index (χ4v) is 4.79. The first-order chi connectivity index (χ1) is 16.5. The summed E-state index contributed by atoms with van der Waals surface area (Å²) in [5, 5.41) is 0.669. The Kier molecular flexibility index (Phi) is 5.73. The second-order valence-corrected chi connectivity index (χ2v) is 8.52. The number of aromatic nitrogens is 2. The zero-order valence-corrected chi connectivity index (χ0v) is 18.9. The van der Waals surface area contributed by atoms with Crippen molar-refractivity contribution in [1.29, 1.82) is 0 Å². The molecule has 5 aromatic rings. The summed E-state index contributed by atoms with van der Waals surface area (Å²) in [5.74, 6) is -1.40. The normalized spacial score (nSPS) is 11.8. The highest BCUT2D eigenvalue weighted by molar-refractivity contribution is 7.16. The number of carbonyl (C=O) groups is 2. The number of para-hydroxylation sites is 1.